The van der Waals surface area contributed by atoms with E-state index in [1.165, 1.54) is 6.26 Å². The van der Waals surface area contributed by atoms with E-state index in [9.17, 15) is 4.79 Å². The van der Waals surface area contributed by atoms with Gasteiger partial charge in [-0.05, 0) is 50.8 Å². The summed E-state index contributed by atoms with van der Waals surface area (Å²) in [6.07, 6.45) is 7.32. The number of piperidine rings is 1. The Morgan fingerprint density at radius 1 is 1.35 bits per heavy atom. The highest BCUT2D eigenvalue weighted by molar-refractivity contribution is 5.91. The van der Waals surface area contributed by atoms with Gasteiger partial charge in [-0.3, -0.25) is 4.79 Å². The Morgan fingerprint density at radius 3 is 2.92 bits per heavy atom. The van der Waals surface area contributed by atoms with Crippen LogP contribution in [0.5, 0.6) is 0 Å². The maximum absolute atomic E-state index is 12.0. The molecule has 1 amide bonds. The molecule has 1 spiro atoms. The van der Waals surface area contributed by atoms with Gasteiger partial charge >= 0.3 is 0 Å². The van der Waals surface area contributed by atoms with Crippen molar-refractivity contribution in [2.75, 3.05) is 24.5 Å². The minimum atomic E-state index is -0.189. The van der Waals surface area contributed by atoms with Crippen LogP contribution in [-0.4, -0.2) is 47.2 Å². The topological polar surface area (TPSA) is 80.5 Å². The number of aryl methyl sites for hydroxylation is 1. The quantitative estimate of drug-likeness (QED) is 0.906. The van der Waals surface area contributed by atoms with Crippen molar-refractivity contribution in [3.63, 3.8) is 0 Å². The Balaban J connectivity index is 1.28. The second-order valence-electron chi connectivity index (χ2n) is 7.13. The van der Waals surface area contributed by atoms with E-state index >= 15 is 0 Å². The van der Waals surface area contributed by atoms with Crippen LogP contribution >= 0.6 is 0 Å². The van der Waals surface area contributed by atoms with Crippen LogP contribution in [0.2, 0.25) is 0 Å². The first-order chi connectivity index (χ1) is 12.6. The highest BCUT2D eigenvalue weighted by atomic mass is 16.5. The molecule has 4 heterocycles. The summed E-state index contributed by atoms with van der Waals surface area (Å²) in [7, 11) is 0. The molecule has 4 rings (SSSR count). The highest BCUT2D eigenvalue weighted by Gasteiger charge is 2.42. The minimum absolute atomic E-state index is 0.0654. The summed E-state index contributed by atoms with van der Waals surface area (Å²) in [5.41, 5.74) is 0.917. The summed E-state index contributed by atoms with van der Waals surface area (Å²) >= 11 is 0. The molecule has 0 aromatic carbocycles. The van der Waals surface area contributed by atoms with Crippen LogP contribution in [0.3, 0.4) is 0 Å². The number of aromatic nitrogens is 2. The first-order valence-electron chi connectivity index (χ1n) is 9.18. The van der Waals surface area contributed by atoms with Gasteiger partial charge in [0, 0.05) is 31.5 Å². The van der Waals surface area contributed by atoms with Gasteiger partial charge in [0.1, 0.15) is 0 Å². The Kier molecular flexibility index (Phi) is 4.63. The maximum Gasteiger partial charge on any atom is 0.287 e. The van der Waals surface area contributed by atoms with Gasteiger partial charge in [0.15, 0.2) is 5.76 Å². The molecule has 2 aromatic heterocycles. The average molecular weight is 356 g/mol. The predicted octanol–water partition coefficient (Wildman–Crippen LogP) is 2.33. The van der Waals surface area contributed by atoms with Gasteiger partial charge in [-0.2, -0.15) is 0 Å². The molecule has 7 nitrogen and oxygen atoms in total. The Bertz CT molecular complexity index is 754. The Hall–Kier alpha value is -2.41. The Morgan fingerprint density at radius 2 is 2.19 bits per heavy atom. The molecule has 0 saturated carbocycles. The lowest BCUT2D eigenvalue weighted by Crippen LogP contribution is -2.45. The molecular formula is C19H24N4O3. The number of nitrogens with one attached hydrogen (secondary N) is 1. The summed E-state index contributed by atoms with van der Waals surface area (Å²) in [5, 5.41) is 2.90. The van der Waals surface area contributed by atoms with Gasteiger partial charge in [0.25, 0.3) is 5.91 Å². The van der Waals surface area contributed by atoms with Crippen molar-refractivity contribution < 1.29 is 13.9 Å². The highest BCUT2D eigenvalue weighted by Crippen LogP contribution is 2.39. The van der Waals surface area contributed by atoms with Crippen LogP contribution in [-0.2, 0) is 4.74 Å². The van der Waals surface area contributed by atoms with Crippen molar-refractivity contribution in [2.45, 2.75) is 44.3 Å². The average Bonchev–Trinajstić information content (AvgIpc) is 3.31. The molecule has 0 radical (unpaired) electrons. The molecule has 0 aliphatic carbocycles. The predicted molar refractivity (Wildman–Crippen MR) is 96.1 cm³/mol. The van der Waals surface area contributed by atoms with E-state index < -0.39 is 0 Å². The molecule has 138 valence electrons. The number of amides is 1. The number of ether oxygens (including phenoxy) is 1. The van der Waals surface area contributed by atoms with Crippen LogP contribution in [0.1, 0.15) is 41.9 Å². The lowest BCUT2D eigenvalue weighted by Gasteiger charge is -2.39. The summed E-state index contributed by atoms with van der Waals surface area (Å²) in [6, 6.07) is 5.29. The smallest absolute Gasteiger partial charge is 0.287 e. The molecule has 2 aromatic rings. The fraction of sp³-hybridized carbons (Fsp3) is 0.526. The van der Waals surface area contributed by atoms with Crippen molar-refractivity contribution in [3.8, 4) is 0 Å². The van der Waals surface area contributed by atoms with Crippen molar-refractivity contribution in [2.24, 2.45) is 0 Å². The molecule has 2 fully saturated rings. The monoisotopic (exact) mass is 356 g/mol. The molecule has 2 aliphatic rings. The fourth-order valence-corrected chi connectivity index (χ4v) is 3.81. The summed E-state index contributed by atoms with van der Waals surface area (Å²) in [6.45, 7) is 4.30. The third kappa shape index (κ3) is 3.58. The van der Waals surface area contributed by atoms with Crippen molar-refractivity contribution in [1.29, 1.82) is 0 Å². The van der Waals surface area contributed by atoms with Crippen molar-refractivity contribution >= 4 is 11.9 Å². The van der Waals surface area contributed by atoms with Crippen molar-refractivity contribution in [3.05, 3.63) is 42.1 Å². The lowest BCUT2D eigenvalue weighted by atomic mass is 9.88. The molecule has 1 atom stereocenters. The standard InChI is InChI=1S/C19H24N4O3/c1-14-5-9-20-18(22-14)23-10-7-19(8-11-23)6-4-15(26-19)13-21-17(24)16-3-2-12-25-16/h2-3,5,9,12,15H,4,6-8,10-11,13H2,1H3,(H,21,24)/t15-/m1/s1. The van der Waals surface area contributed by atoms with E-state index in [1.807, 2.05) is 19.2 Å². The third-order valence-electron chi connectivity index (χ3n) is 5.31. The fourth-order valence-electron chi connectivity index (χ4n) is 3.81. The van der Waals surface area contributed by atoms with Crippen LogP contribution in [0.25, 0.3) is 0 Å². The second kappa shape index (κ2) is 7.07. The molecule has 2 saturated heterocycles. The zero-order valence-corrected chi connectivity index (χ0v) is 15.0. The van der Waals surface area contributed by atoms with E-state index in [1.54, 1.807) is 12.1 Å². The van der Waals surface area contributed by atoms with E-state index in [0.717, 1.165) is 50.4 Å². The number of carbonyl (C=O) groups is 1. The van der Waals surface area contributed by atoms with Crippen LogP contribution in [0, 0.1) is 6.92 Å². The number of carbonyl (C=O) groups excluding carboxylic acids is 1. The number of rotatable bonds is 4. The number of hydrogen-bond acceptors (Lipinski definition) is 6. The van der Waals surface area contributed by atoms with Crippen LogP contribution in [0.4, 0.5) is 5.95 Å². The summed E-state index contributed by atoms with van der Waals surface area (Å²) < 4.78 is 11.5. The Labute approximate surface area is 152 Å². The van der Waals surface area contributed by atoms with E-state index in [-0.39, 0.29) is 17.6 Å². The number of anilines is 1. The van der Waals surface area contributed by atoms with Gasteiger partial charge in [-0.1, -0.05) is 0 Å². The molecule has 0 bridgehead atoms. The van der Waals surface area contributed by atoms with Crippen LogP contribution in [0.15, 0.2) is 35.1 Å². The van der Waals surface area contributed by atoms with E-state index in [4.69, 9.17) is 9.15 Å². The lowest BCUT2D eigenvalue weighted by molar-refractivity contribution is -0.0543. The molecule has 1 N–H and O–H groups in total. The first kappa shape index (κ1) is 17.0. The first-order valence-corrected chi connectivity index (χ1v) is 9.18. The zero-order valence-electron chi connectivity index (χ0n) is 15.0. The zero-order chi connectivity index (χ0) is 18.0. The van der Waals surface area contributed by atoms with E-state index in [2.05, 4.69) is 20.2 Å². The number of hydrogen-bond donors (Lipinski definition) is 1. The molecule has 26 heavy (non-hydrogen) atoms. The number of nitrogens with zero attached hydrogens (tertiary/aromatic N) is 3. The van der Waals surface area contributed by atoms with Gasteiger partial charge in [-0.15, -0.1) is 0 Å². The molecule has 7 heteroatoms. The third-order valence-corrected chi connectivity index (χ3v) is 5.31. The maximum atomic E-state index is 12.0. The number of furan rings is 1. The largest absolute Gasteiger partial charge is 0.459 e. The minimum Gasteiger partial charge on any atom is -0.459 e. The van der Waals surface area contributed by atoms with Gasteiger partial charge in [-0.25, -0.2) is 9.97 Å². The second-order valence-corrected chi connectivity index (χ2v) is 7.13. The summed E-state index contributed by atoms with van der Waals surface area (Å²) in [5.74, 6) is 0.954. The van der Waals surface area contributed by atoms with Crippen molar-refractivity contribution in [1.82, 2.24) is 15.3 Å². The molecular weight excluding hydrogens is 332 g/mol. The normalized spacial score (nSPS) is 21.9. The van der Waals surface area contributed by atoms with Gasteiger partial charge in [0.05, 0.1) is 18.0 Å². The SMILES string of the molecule is Cc1ccnc(N2CCC3(CC[C@H](CNC(=O)c4ccco4)O3)CC2)n1. The summed E-state index contributed by atoms with van der Waals surface area (Å²) in [4.78, 5) is 23.1. The molecule has 2 aliphatic heterocycles. The van der Waals surface area contributed by atoms with Gasteiger partial charge in [0.2, 0.25) is 5.95 Å². The molecule has 0 unspecified atom stereocenters. The van der Waals surface area contributed by atoms with E-state index in [0.29, 0.717) is 12.3 Å². The van der Waals surface area contributed by atoms with Crippen LogP contribution < -0.4 is 10.2 Å². The van der Waals surface area contributed by atoms with Gasteiger partial charge < -0.3 is 19.4 Å².